The van der Waals surface area contributed by atoms with Gasteiger partial charge < -0.3 is 14.4 Å². The molecule has 1 aromatic heterocycles. The smallest absolute Gasteiger partial charge is 0.253 e. The second kappa shape index (κ2) is 8.00. The number of ether oxygens (including phenoxy) is 2. The summed E-state index contributed by atoms with van der Waals surface area (Å²) in [4.78, 5) is 19.1. The lowest BCUT2D eigenvalue weighted by Gasteiger charge is -2.36. The lowest BCUT2D eigenvalue weighted by atomic mass is 9.80. The normalized spacial score (nSPS) is 24.5. The number of pyridine rings is 1. The van der Waals surface area contributed by atoms with Gasteiger partial charge in [-0.25, -0.2) is 0 Å². The predicted octanol–water partition coefficient (Wildman–Crippen LogP) is 1.97. The van der Waals surface area contributed by atoms with Gasteiger partial charge in [-0.3, -0.25) is 20.6 Å². The van der Waals surface area contributed by atoms with Crippen molar-refractivity contribution >= 4 is 5.91 Å². The number of aromatic nitrogens is 1. The molecule has 3 aliphatic rings. The van der Waals surface area contributed by atoms with E-state index in [0.29, 0.717) is 48.2 Å². The van der Waals surface area contributed by atoms with Gasteiger partial charge in [0.15, 0.2) is 11.5 Å². The Morgan fingerprint density at radius 1 is 1.03 bits per heavy atom. The summed E-state index contributed by atoms with van der Waals surface area (Å²) >= 11 is 0. The molecule has 0 aliphatic carbocycles. The van der Waals surface area contributed by atoms with Crippen LogP contribution in [-0.4, -0.2) is 54.7 Å². The second-order valence-corrected chi connectivity index (χ2v) is 7.93. The molecule has 2 fully saturated rings. The van der Waals surface area contributed by atoms with Crippen LogP contribution in [0.1, 0.15) is 34.7 Å². The minimum absolute atomic E-state index is 0.0728. The number of carbonyl (C=O) groups is 1. The average Bonchev–Trinajstić information content (AvgIpc) is 3.29. The third kappa shape index (κ3) is 3.68. The molecular weight excluding hydrogens is 368 g/mol. The summed E-state index contributed by atoms with van der Waals surface area (Å²) in [6, 6.07) is 10.1. The maximum atomic E-state index is 13.0. The van der Waals surface area contributed by atoms with Gasteiger partial charge in [-0.15, -0.1) is 0 Å². The number of rotatable bonds is 3. The van der Waals surface area contributed by atoms with Crippen molar-refractivity contribution in [2.24, 2.45) is 5.92 Å². The van der Waals surface area contributed by atoms with E-state index in [1.54, 1.807) is 0 Å². The van der Waals surface area contributed by atoms with Crippen LogP contribution in [0.2, 0.25) is 0 Å². The molecule has 0 radical (unpaired) electrons. The fourth-order valence-corrected chi connectivity index (χ4v) is 4.72. The summed E-state index contributed by atoms with van der Waals surface area (Å²) in [5, 5.41) is 0. The number of benzene rings is 1. The van der Waals surface area contributed by atoms with E-state index in [2.05, 4.69) is 28.0 Å². The number of fused-ring (bicyclic) bond motifs is 1. The Labute approximate surface area is 170 Å². The summed E-state index contributed by atoms with van der Waals surface area (Å²) in [7, 11) is 0. The summed E-state index contributed by atoms with van der Waals surface area (Å²) in [5.41, 5.74) is 8.80. The van der Waals surface area contributed by atoms with Gasteiger partial charge in [0, 0.05) is 49.6 Å². The van der Waals surface area contributed by atoms with Gasteiger partial charge in [0.2, 0.25) is 0 Å². The molecule has 2 N–H and O–H groups in total. The highest BCUT2D eigenvalue weighted by Gasteiger charge is 2.37. The zero-order valence-corrected chi connectivity index (χ0v) is 16.3. The number of piperidine rings is 1. The van der Waals surface area contributed by atoms with Crippen molar-refractivity contribution in [3.8, 4) is 11.5 Å². The average molecular weight is 394 g/mol. The van der Waals surface area contributed by atoms with Crippen molar-refractivity contribution < 1.29 is 14.3 Å². The molecule has 2 aromatic rings. The lowest BCUT2D eigenvalue weighted by Crippen LogP contribution is -2.45. The first-order chi connectivity index (χ1) is 14.3. The molecular formula is C22H26N4O3. The first-order valence-corrected chi connectivity index (χ1v) is 10.4. The summed E-state index contributed by atoms with van der Waals surface area (Å²) in [6.07, 6.45) is 5.72. The SMILES string of the molecule is O=C(c1ccc2c(c1)OCCO2)N1CCC(C2NNCC2c2ccncc2)CC1. The van der Waals surface area contributed by atoms with Gasteiger partial charge in [0.05, 0.1) is 0 Å². The minimum atomic E-state index is 0.0728. The number of nitrogens with one attached hydrogen (secondary N) is 2. The Morgan fingerprint density at radius 2 is 1.79 bits per heavy atom. The molecule has 29 heavy (non-hydrogen) atoms. The van der Waals surface area contributed by atoms with Crippen LogP contribution < -0.4 is 20.3 Å². The van der Waals surface area contributed by atoms with Crippen LogP contribution in [0.4, 0.5) is 0 Å². The Morgan fingerprint density at radius 3 is 2.59 bits per heavy atom. The third-order valence-electron chi connectivity index (χ3n) is 6.28. The van der Waals surface area contributed by atoms with E-state index in [-0.39, 0.29) is 5.91 Å². The van der Waals surface area contributed by atoms with Crippen LogP contribution in [0, 0.1) is 5.92 Å². The third-order valence-corrected chi connectivity index (χ3v) is 6.28. The number of hydrazine groups is 1. The maximum Gasteiger partial charge on any atom is 0.253 e. The Bertz CT molecular complexity index is 868. The number of amides is 1. The molecule has 4 heterocycles. The van der Waals surface area contributed by atoms with Crippen molar-refractivity contribution in [1.82, 2.24) is 20.7 Å². The number of hydrogen-bond donors (Lipinski definition) is 2. The monoisotopic (exact) mass is 394 g/mol. The second-order valence-electron chi connectivity index (χ2n) is 7.93. The predicted molar refractivity (Wildman–Crippen MR) is 108 cm³/mol. The lowest BCUT2D eigenvalue weighted by molar-refractivity contribution is 0.0669. The van der Waals surface area contributed by atoms with E-state index in [1.807, 2.05) is 35.5 Å². The van der Waals surface area contributed by atoms with Crippen LogP contribution in [0.3, 0.4) is 0 Å². The standard InChI is InChI=1S/C22H26N4O3/c27-22(17-1-2-19-20(13-17)29-12-11-28-19)26-9-5-16(6-10-26)21-18(14-24-25-21)15-3-7-23-8-4-15/h1-4,7-8,13,16,18,21,24-25H,5-6,9-12,14H2. The Balaban J connectivity index is 1.23. The van der Waals surface area contributed by atoms with Crippen molar-refractivity contribution in [3.05, 3.63) is 53.9 Å². The molecule has 1 amide bonds. The van der Waals surface area contributed by atoms with Gasteiger partial charge in [-0.2, -0.15) is 0 Å². The van der Waals surface area contributed by atoms with Crippen molar-refractivity contribution in [3.63, 3.8) is 0 Å². The van der Waals surface area contributed by atoms with Crippen LogP contribution in [-0.2, 0) is 0 Å². The molecule has 3 aliphatic heterocycles. The molecule has 2 atom stereocenters. The number of carbonyl (C=O) groups excluding carboxylic acids is 1. The first kappa shape index (κ1) is 18.4. The van der Waals surface area contributed by atoms with E-state index in [0.717, 1.165) is 32.5 Å². The van der Waals surface area contributed by atoms with Crippen molar-refractivity contribution in [2.45, 2.75) is 24.8 Å². The fraction of sp³-hybridized carbons (Fsp3) is 0.455. The zero-order valence-electron chi connectivity index (χ0n) is 16.3. The van der Waals surface area contributed by atoms with E-state index < -0.39 is 0 Å². The van der Waals surface area contributed by atoms with Crippen molar-refractivity contribution in [1.29, 1.82) is 0 Å². The molecule has 5 rings (SSSR count). The molecule has 0 saturated carbocycles. The van der Waals surface area contributed by atoms with E-state index in [9.17, 15) is 4.79 Å². The fourth-order valence-electron chi connectivity index (χ4n) is 4.72. The molecule has 152 valence electrons. The van der Waals surface area contributed by atoms with Gasteiger partial charge >= 0.3 is 0 Å². The zero-order chi connectivity index (χ0) is 19.6. The molecule has 0 bridgehead atoms. The van der Waals surface area contributed by atoms with Gasteiger partial charge in [0.25, 0.3) is 5.91 Å². The maximum absolute atomic E-state index is 13.0. The Hall–Kier alpha value is -2.64. The summed E-state index contributed by atoms with van der Waals surface area (Å²) in [5.74, 6) is 2.42. The molecule has 1 aromatic carbocycles. The number of hydrogen-bond acceptors (Lipinski definition) is 6. The number of likely N-dealkylation sites (tertiary alicyclic amines) is 1. The van der Waals surface area contributed by atoms with E-state index in [4.69, 9.17) is 9.47 Å². The highest BCUT2D eigenvalue weighted by molar-refractivity contribution is 5.95. The van der Waals surface area contributed by atoms with Crippen LogP contribution >= 0.6 is 0 Å². The first-order valence-electron chi connectivity index (χ1n) is 10.4. The van der Waals surface area contributed by atoms with E-state index >= 15 is 0 Å². The van der Waals surface area contributed by atoms with Gasteiger partial charge in [-0.1, -0.05) is 0 Å². The van der Waals surface area contributed by atoms with Gasteiger partial charge in [-0.05, 0) is 54.7 Å². The molecule has 7 heteroatoms. The minimum Gasteiger partial charge on any atom is -0.486 e. The Kier molecular flexibility index (Phi) is 5.08. The quantitative estimate of drug-likeness (QED) is 0.829. The molecule has 0 spiro atoms. The summed E-state index contributed by atoms with van der Waals surface area (Å²) < 4.78 is 11.2. The molecule has 2 saturated heterocycles. The van der Waals surface area contributed by atoms with Crippen LogP contribution in [0.15, 0.2) is 42.7 Å². The highest BCUT2D eigenvalue weighted by Crippen LogP contribution is 2.34. The largest absolute Gasteiger partial charge is 0.486 e. The van der Waals surface area contributed by atoms with Gasteiger partial charge in [0.1, 0.15) is 13.2 Å². The molecule has 7 nitrogen and oxygen atoms in total. The van der Waals surface area contributed by atoms with Crippen LogP contribution in [0.25, 0.3) is 0 Å². The number of nitrogens with zero attached hydrogens (tertiary/aromatic N) is 2. The highest BCUT2D eigenvalue weighted by atomic mass is 16.6. The van der Waals surface area contributed by atoms with Crippen molar-refractivity contribution in [2.75, 3.05) is 32.8 Å². The van der Waals surface area contributed by atoms with E-state index in [1.165, 1.54) is 5.56 Å². The van der Waals surface area contributed by atoms with Crippen LogP contribution in [0.5, 0.6) is 11.5 Å². The molecule has 2 unspecified atom stereocenters. The topological polar surface area (TPSA) is 75.7 Å². The summed E-state index contributed by atoms with van der Waals surface area (Å²) in [6.45, 7) is 3.55.